The summed E-state index contributed by atoms with van der Waals surface area (Å²) < 4.78 is 12.2. The summed E-state index contributed by atoms with van der Waals surface area (Å²) >= 11 is 0. The molecule has 0 fully saturated rings. The molecule has 6 heteroatoms. The standard InChI is InChI=1S/C32H33N3O3/c1-6-37-28-19-16-26(17-20-28)35(25-10-8-7-9-11-25)32(23-12-14-24(15-13-23)33(2)3)30-21-18-27(34(4)5)22-29(30)31(36)38-32/h7-22H,6H2,1-5H3. The van der Waals surface area contributed by atoms with E-state index in [-0.39, 0.29) is 5.97 Å². The number of para-hydroxylation sites is 1. The van der Waals surface area contributed by atoms with E-state index in [4.69, 9.17) is 9.47 Å². The van der Waals surface area contributed by atoms with Crippen molar-refractivity contribution in [3.8, 4) is 5.75 Å². The highest BCUT2D eigenvalue weighted by molar-refractivity contribution is 5.98. The van der Waals surface area contributed by atoms with Crippen LogP contribution < -0.4 is 19.4 Å². The molecule has 4 aromatic rings. The van der Waals surface area contributed by atoms with Crippen LogP contribution in [0.2, 0.25) is 0 Å². The Hall–Kier alpha value is -4.45. The van der Waals surface area contributed by atoms with Crippen LogP contribution in [0.3, 0.4) is 0 Å². The Morgan fingerprint density at radius 1 is 0.711 bits per heavy atom. The van der Waals surface area contributed by atoms with Gasteiger partial charge >= 0.3 is 5.97 Å². The minimum atomic E-state index is -1.23. The van der Waals surface area contributed by atoms with Gasteiger partial charge in [-0.15, -0.1) is 0 Å². The number of hydrogen-bond donors (Lipinski definition) is 0. The lowest BCUT2D eigenvalue weighted by molar-refractivity contribution is 0.0134. The average molecular weight is 508 g/mol. The van der Waals surface area contributed by atoms with Crippen LogP contribution in [0.25, 0.3) is 0 Å². The van der Waals surface area contributed by atoms with Gasteiger partial charge in [-0.3, -0.25) is 4.90 Å². The SMILES string of the molecule is CCOc1ccc(N(c2ccccc2)C2(c3ccc(N(C)C)cc3)OC(=O)c3cc(N(C)C)ccc32)cc1. The van der Waals surface area contributed by atoms with E-state index < -0.39 is 5.72 Å². The lowest BCUT2D eigenvalue weighted by atomic mass is 9.89. The Labute approximate surface area is 224 Å². The molecule has 0 aliphatic carbocycles. The summed E-state index contributed by atoms with van der Waals surface area (Å²) in [6, 6.07) is 32.1. The first-order valence-electron chi connectivity index (χ1n) is 12.8. The summed E-state index contributed by atoms with van der Waals surface area (Å²) in [5.74, 6) is 0.431. The van der Waals surface area contributed by atoms with Crippen molar-refractivity contribution in [2.24, 2.45) is 0 Å². The van der Waals surface area contributed by atoms with E-state index in [1.165, 1.54) is 0 Å². The maximum atomic E-state index is 13.6. The molecule has 5 rings (SSSR count). The maximum Gasteiger partial charge on any atom is 0.341 e. The Morgan fingerprint density at radius 2 is 1.29 bits per heavy atom. The first kappa shape index (κ1) is 25.2. The van der Waals surface area contributed by atoms with Crippen LogP contribution in [0.1, 0.15) is 28.4 Å². The summed E-state index contributed by atoms with van der Waals surface area (Å²) in [4.78, 5) is 19.8. The van der Waals surface area contributed by atoms with Gasteiger partial charge in [-0.25, -0.2) is 4.79 Å². The topological polar surface area (TPSA) is 45.3 Å². The number of fused-ring (bicyclic) bond motifs is 1. The van der Waals surface area contributed by atoms with Gasteiger partial charge in [-0.1, -0.05) is 30.3 Å². The molecule has 6 nitrogen and oxygen atoms in total. The number of ether oxygens (including phenoxy) is 2. The average Bonchev–Trinajstić information content (AvgIpc) is 3.23. The van der Waals surface area contributed by atoms with E-state index in [1.807, 2.05) is 125 Å². The zero-order valence-corrected chi connectivity index (χ0v) is 22.5. The van der Waals surface area contributed by atoms with Gasteiger partial charge in [0, 0.05) is 62.1 Å². The van der Waals surface area contributed by atoms with Gasteiger partial charge in [0.25, 0.3) is 0 Å². The molecule has 0 bridgehead atoms. The molecule has 0 amide bonds. The molecule has 1 aliphatic heterocycles. The minimum Gasteiger partial charge on any atom is -0.494 e. The summed E-state index contributed by atoms with van der Waals surface area (Å²) in [6.07, 6.45) is 0. The van der Waals surface area contributed by atoms with Crippen molar-refractivity contribution < 1.29 is 14.3 Å². The summed E-state index contributed by atoms with van der Waals surface area (Å²) in [6.45, 7) is 2.55. The van der Waals surface area contributed by atoms with Crippen LogP contribution in [-0.4, -0.2) is 40.8 Å². The van der Waals surface area contributed by atoms with Crippen LogP contribution in [0.5, 0.6) is 5.75 Å². The van der Waals surface area contributed by atoms with E-state index in [2.05, 4.69) is 21.9 Å². The van der Waals surface area contributed by atoms with Crippen molar-refractivity contribution >= 4 is 28.7 Å². The minimum absolute atomic E-state index is 0.354. The van der Waals surface area contributed by atoms with Crippen molar-refractivity contribution in [2.45, 2.75) is 12.6 Å². The van der Waals surface area contributed by atoms with Crippen LogP contribution in [-0.2, 0) is 10.5 Å². The first-order valence-corrected chi connectivity index (χ1v) is 12.8. The highest BCUT2D eigenvalue weighted by atomic mass is 16.6. The third kappa shape index (κ3) is 4.32. The number of carbonyl (C=O) groups excluding carboxylic acids is 1. The van der Waals surface area contributed by atoms with E-state index in [9.17, 15) is 4.79 Å². The Bertz CT molecular complexity index is 1420. The maximum absolute atomic E-state index is 13.6. The lowest BCUT2D eigenvalue weighted by Crippen LogP contribution is -2.45. The highest BCUT2D eigenvalue weighted by Gasteiger charge is 2.52. The van der Waals surface area contributed by atoms with Crippen molar-refractivity contribution in [3.63, 3.8) is 0 Å². The molecule has 0 saturated carbocycles. The van der Waals surface area contributed by atoms with Crippen molar-refractivity contribution in [1.82, 2.24) is 0 Å². The summed E-state index contributed by atoms with van der Waals surface area (Å²) in [5.41, 5.74) is 4.74. The molecule has 1 atom stereocenters. The second-order valence-electron chi connectivity index (χ2n) is 9.70. The Kier molecular flexibility index (Phi) is 6.72. The molecule has 194 valence electrons. The predicted octanol–water partition coefficient (Wildman–Crippen LogP) is 6.43. The molecule has 1 aliphatic rings. The molecule has 0 aromatic heterocycles. The van der Waals surface area contributed by atoms with E-state index in [1.54, 1.807) is 0 Å². The number of benzene rings is 4. The number of carbonyl (C=O) groups is 1. The van der Waals surface area contributed by atoms with Gasteiger partial charge in [0.15, 0.2) is 0 Å². The number of rotatable bonds is 8. The third-order valence-corrected chi connectivity index (χ3v) is 6.86. The predicted molar refractivity (Wildman–Crippen MR) is 154 cm³/mol. The lowest BCUT2D eigenvalue weighted by Gasteiger charge is -2.42. The monoisotopic (exact) mass is 507 g/mol. The van der Waals surface area contributed by atoms with Crippen LogP contribution in [0.15, 0.2) is 97.1 Å². The van der Waals surface area contributed by atoms with Crippen molar-refractivity contribution in [1.29, 1.82) is 0 Å². The summed E-state index contributed by atoms with van der Waals surface area (Å²) in [5, 5.41) is 0. The number of cyclic esters (lactones) is 1. The molecule has 1 unspecified atom stereocenters. The number of anilines is 4. The molecule has 0 N–H and O–H groups in total. The molecular formula is C32H33N3O3. The normalized spacial score (nSPS) is 16.0. The van der Waals surface area contributed by atoms with Gasteiger partial charge in [0.1, 0.15) is 5.75 Å². The van der Waals surface area contributed by atoms with Crippen LogP contribution >= 0.6 is 0 Å². The van der Waals surface area contributed by atoms with E-state index >= 15 is 0 Å². The molecular weight excluding hydrogens is 474 g/mol. The van der Waals surface area contributed by atoms with Crippen LogP contribution in [0.4, 0.5) is 22.7 Å². The quantitative estimate of drug-likeness (QED) is 0.256. The van der Waals surface area contributed by atoms with Gasteiger partial charge in [-0.05, 0) is 73.7 Å². The van der Waals surface area contributed by atoms with Gasteiger partial charge < -0.3 is 19.3 Å². The van der Waals surface area contributed by atoms with Gasteiger partial charge in [0.05, 0.1) is 12.2 Å². The van der Waals surface area contributed by atoms with Crippen molar-refractivity contribution in [2.75, 3.05) is 49.5 Å². The van der Waals surface area contributed by atoms with E-state index in [0.717, 1.165) is 39.6 Å². The fourth-order valence-electron chi connectivity index (χ4n) is 4.96. The molecule has 1 heterocycles. The molecule has 0 radical (unpaired) electrons. The van der Waals surface area contributed by atoms with Crippen LogP contribution in [0, 0.1) is 0 Å². The van der Waals surface area contributed by atoms with E-state index in [0.29, 0.717) is 12.2 Å². The van der Waals surface area contributed by atoms with Gasteiger partial charge in [-0.2, -0.15) is 0 Å². The smallest absolute Gasteiger partial charge is 0.341 e. The first-order chi connectivity index (χ1) is 18.3. The number of esters is 1. The summed E-state index contributed by atoms with van der Waals surface area (Å²) in [7, 11) is 7.94. The second-order valence-corrected chi connectivity index (χ2v) is 9.70. The Balaban J connectivity index is 1.80. The Morgan fingerprint density at radius 3 is 1.89 bits per heavy atom. The fraction of sp³-hybridized carbons (Fsp3) is 0.219. The zero-order valence-electron chi connectivity index (χ0n) is 22.5. The second kappa shape index (κ2) is 10.1. The molecule has 38 heavy (non-hydrogen) atoms. The largest absolute Gasteiger partial charge is 0.494 e. The molecule has 4 aromatic carbocycles. The zero-order chi connectivity index (χ0) is 26.9. The van der Waals surface area contributed by atoms with Gasteiger partial charge in [0.2, 0.25) is 5.72 Å². The fourth-order valence-corrected chi connectivity index (χ4v) is 4.96. The molecule has 0 saturated heterocycles. The third-order valence-electron chi connectivity index (χ3n) is 6.86. The molecule has 0 spiro atoms. The van der Waals surface area contributed by atoms with Crippen molar-refractivity contribution in [3.05, 3.63) is 114 Å². The number of hydrogen-bond acceptors (Lipinski definition) is 6. The highest BCUT2D eigenvalue weighted by Crippen LogP contribution is 2.51. The number of nitrogens with zero attached hydrogens (tertiary/aromatic N) is 3.